The molecule has 2 aromatic rings. The van der Waals surface area contributed by atoms with Gasteiger partial charge in [0.05, 0.1) is 5.92 Å². The number of carbonyl (C=O) groups is 1. The molecule has 0 aromatic heterocycles. The number of carboxylic acid groups (broad SMARTS) is 1. The molecule has 0 spiro atoms. The fourth-order valence-corrected chi connectivity index (χ4v) is 7.16. The quantitative estimate of drug-likeness (QED) is 0.140. The Labute approximate surface area is 242 Å². The summed E-state index contributed by atoms with van der Waals surface area (Å²) in [4.78, 5) is 12.5. The number of aromatic hydroxyl groups is 2. The molecule has 0 saturated carbocycles. The molecule has 0 bridgehead atoms. The minimum atomic E-state index is -5.61. The fourth-order valence-electron chi connectivity index (χ4n) is 5.76. The Morgan fingerprint density at radius 2 is 1.49 bits per heavy atom. The number of halogens is 5. The van der Waals surface area contributed by atoms with Crippen LogP contribution in [0.15, 0.2) is 47.4 Å². The van der Waals surface area contributed by atoms with Gasteiger partial charge in [0, 0.05) is 22.5 Å². The number of phenolic OH excluding ortho intramolecular Hbond substituents is 2. The molecule has 3 atom stereocenters. The highest BCUT2D eigenvalue weighted by molar-refractivity contribution is 7.99. The van der Waals surface area contributed by atoms with Crippen LogP contribution < -0.4 is 0 Å². The van der Waals surface area contributed by atoms with E-state index in [2.05, 4.69) is 6.92 Å². The molecule has 10 heteroatoms. The van der Waals surface area contributed by atoms with Gasteiger partial charge in [-0.3, -0.25) is 4.79 Å². The predicted molar refractivity (Wildman–Crippen MR) is 150 cm³/mol. The van der Waals surface area contributed by atoms with Crippen LogP contribution in [0.2, 0.25) is 0 Å². The number of hydrogen-bond acceptors (Lipinski definition) is 4. The van der Waals surface area contributed by atoms with Crippen molar-refractivity contribution in [3.63, 3.8) is 0 Å². The van der Waals surface area contributed by atoms with Crippen molar-refractivity contribution < 1.29 is 42.1 Å². The van der Waals surface area contributed by atoms with Gasteiger partial charge in [-0.2, -0.15) is 22.0 Å². The van der Waals surface area contributed by atoms with Crippen molar-refractivity contribution >= 4 is 17.7 Å². The van der Waals surface area contributed by atoms with E-state index < -0.39 is 36.8 Å². The first kappa shape index (κ1) is 33.0. The van der Waals surface area contributed by atoms with Gasteiger partial charge in [0.15, 0.2) is 0 Å². The number of aliphatic carboxylic acids is 1. The van der Waals surface area contributed by atoms with Gasteiger partial charge < -0.3 is 15.3 Å². The van der Waals surface area contributed by atoms with Gasteiger partial charge in [-0.25, -0.2) is 0 Å². The van der Waals surface area contributed by atoms with Crippen molar-refractivity contribution in [2.24, 2.45) is 5.92 Å². The van der Waals surface area contributed by atoms with Crippen molar-refractivity contribution in [3.8, 4) is 11.5 Å². The Kier molecular flexibility index (Phi) is 11.4. The first-order chi connectivity index (χ1) is 19.2. The van der Waals surface area contributed by atoms with Crippen molar-refractivity contribution in [1.82, 2.24) is 0 Å². The van der Waals surface area contributed by atoms with Crippen molar-refractivity contribution in [2.45, 2.75) is 106 Å². The van der Waals surface area contributed by atoms with E-state index in [0.29, 0.717) is 6.42 Å². The molecule has 1 unspecified atom stereocenters. The van der Waals surface area contributed by atoms with Crippen molar-refractivity contribution in [3.05, 3.63) is 53.6 Å². The van der Waals surface area contributed by atoms with Crippen LogP contribution in [0.3, 0.4) is 0 Å². The van der Waals surface area contributed by atoms with Gasteiger partial charge in [-0.1, -0.05) is 63.6 Å². The first-order valence-corrected chi connectivity index (χ1v) is 15.2. The third-order valence-electron chi connectivity index (χ3n) is 8.30. The topological polar surface area (TPSA) is 77.8 Å². The SMILES string of the molecule is C[C@@]1(c2ccc(O)cc2)CSc2cc(O)ccc2[C@@H]1CCCCCCCCC(CCCC(F)(F)C(F)(F)F)C(=O)O. The second-order valence-electron chi connectivity index (χ2n) is 11.4. The molecule has 0 saturated heterocycles. The molecule has 4 nitrogen and oxygen atoms in total. The van der Waals surface area contributed by atoms with Gasteiger partial charge in [0.2, 0.25) is 0 Å². The van der Waals surface area contributed by atoms with E-state index in [0.717, 1.165) is 54.7 Å². The molecule has 1 aliphatic heterocycles. The van der Waals surface area contributed by atoms with E-state index in [9.17, 15) is 42.1 Å². The number of hydrogen-bond donors (Lipinski definition) is 3. The highest BCUT2D eigenvalue weighted by Crippen LogP contribution is 2.52. The monoisotopic (exact) mass is 602 g/mol. The Morgan fingerprint density at radius 1 is 0.902 bits per heavy atom. The molecule has 0 amide bonds. The normalized spacial score (nSPS) is 20.0. The van der Waals surface area contributed by atoms with Crippen LogP contribution in [-0.2, 0) is 10.2 Å². The molecular weight excluding hydrogens is 563 g/mol. The van der Waals surface area contributed by atoms with Crippen LogP contribution in [0, 0.1) is 5.92 Å². The van der Waals surface area contributed by atoms with E-state index in [1.165, 1.54) is 5.56 Å². The minimum absolute atomic E-state index is 0.155. The van der Waals surface area contributed by atoms with E-state index in [1.807, 2.05) is 24.3 Å². The van der Waals surface area contributed by atoms with Crippen LogP contribution in [-0.4, -0.2) is 39.1 Å². The third-order valence-corrected chi connectivity index (χ3v) is 9.71. The van der Waals surface area contributed by atoms with Crippen LogP contribution in [0.25, 0.3) is 0 Å². The van der Waals surface area contributed by atoms with Crippen molar-refractivity contribution in [2.75, 3.05) is 5.75 Å². The van der Waals surface area contributed by atoms with E-state index >= 15 is 0 Å². The summed E-state index contributed by atoms with van der Waals surface area (Å²) in [6, 6.07) is 12.9. The summed E-state index contributed by atoms with van der Waals surface area (Å²) in [6.07, 6.45) is -1.32. The average molecular weight is 603 g/mol. The number of fused-ring (bicyclic) bond motifs is 1. The molecule has 0 aliphatic carbocycles. The summed E-state index contributed by atoms with van der Waals surface area (Å²) in [7, 11) is 0. The lowest BCUT2D eigenvalue weighted by molar-refractivity contribution is -0.284. The number of unbranched alkanes of at least 4 members (excludes halogenated alkanes) is 5. The Morgan fingerprint density at radius 3 is 2.12 bits per heavy atom. The Balaban J connectivity index is 1.45. The summed E-state index contributed by atoms with van der Waals surface area (Å²) in [5.74, 6) is -5.33. The summed E-state index contributed by atoms with van der Waals surface area (Å²) in [5.41, 5.74) is 2.21. The number of alkyl halides is 5. The van der Waals surface area contributed by atoms with Gasteiger partial charge in [0.25, 0.3) is 0 Å². The Bertz CT molecular complexity index is 1140. The molecule has 0 radical (unpaired) electrons. The summed E-state index contributed by atoms with van der Waals surface area (Å²) >= 11 is 1.73. The second kappa shape index (κ2) is 14.1. The van der Waals surface area contributed by atoms with Gasteiger partial charge in [-0.05, 0) is 67.0 Å². The zero-order valence-electron chi connectivity index (χ0n) is 23.2. The zero-order chi connectivity index (χ0) is 30.3. The lowest BCUT2D eigenvalue weighted by Gasteiger charge is -2.43. The number of carboxylic acids is 1. The number of rotatable bonds is 15. The summed E-state index contributed by atoms with van der Waals surface area (Å²) in [6.45, 7) is 2.25. The fraction of sp³-hybridized carbons (Fsp3) is 0.581. The molecule has 0 fully saturated rings. The molecule has 1 heterocycles. The predicted octanol–water partition coefficient (Wildman–Crippen LogP) is 9.43. The summed E-state index contributed by atoms with van der Waals surface area (Å²) in [5, 5.41) is 29.1. The number of benzene rings is 2. The van der Waals surface area contributed by atoms with Gasteiger partial charge >= 0.3 is 18.1 Å². The van der Waals surface area contributed by atoms with E-state index in [-0.39, 0.29) is 35.7 Å². The smallest absolute Gasteiger partial charge is 0.453 e. The van der Waals surface area contributed by atoms with Crippen molar-refractivity contribution in [1.29, 1.82) is 0 Å². The van der Waals surface area contributed by atoms with Gasteiger partial charge in [-0.15, -0.1) is 11.8 Å². The Hall–Kier alpha value is -2.49. The summed E-state index contributed by atoms with van der Waals surface area (Å²) < 4.78 is 63.2. The largest absolute Gasteiger partial charge is 0.508 e. The highest BCUT2D eigenvalue weighted by Gasteiger charge is 2.56. The van der Waals surface area contributed by atoms with Crippen LogP contribution in [0.4, 0.5) is 22.0 Å². The number of phenols is 2. The second-order valence-corrected chi connectivity index (χ2v) is 12.4. The van der Waals surface area contributed by atoms with E-state index in [1.54, 1.807) is 30.0 Å². The maximum Gasteiger partial charge on any atom is 0.453 e. The molecular formula is C31H39F5O4S. The third kappa shape index (κ3) is 8.75. The highest BCUT2D eigenvalue weighted by atomic mass is 32.2. The minimum Gasteiger partial charge on any atom is -0.508 e. The standard InChI is InChI=1S/C31H39F5O4S/c1-29(22-12-14-23(37)15-13-22)20-41-27-19-24(38)16-17-25(27)26(29)11-7-5-3-2-4-6-9-21(28(39)40)10-8-18-30(32,33)31(34,35)36/h12-17,19,21,26,37-38H,2-11,18,20H2,1H3,(H,39,40)/t21?,26-,29-/m0/s1. The molecule has 228 valence electrons. The van der Waals surface area contributed by atoms with Crippen LogP contribution in [0.1, 0.15) is 94.6 Å². The van der Waals surface area contributed by atoms with Crippen LogP contribution in [0.5, 0.6) is 11.5 Å². The average Bonchev–Trinajstić information content (AvgIpc) is 2.89. The first-order valence-electron chi connectivity index (χ1n) is 14.2. The van der Waals surface area contributed by atoms with E-state index in [4.69, 9.17) is 0 Å². The zero-order valence-corrected chi connectivity index (χ0v) is 24.0. The number of thioether (sulfide) groups is 1. The maximum absolute atomic E-state index is 13.1. The lowest BCUT2D eigenvalue weighted by atomic mass is 9.68. The van der Waals surface area contributed by atoms with Gasteiger partial charge in [0.1, 0.15) is 11.5 Å². The molecule has 2 aromatic carbocycles. The molecule has 1 aliphatic rings. The van der Waals surface area contributed by atoms with Crippen LogP contribution >= 0.6 is 11.8 Å². The molecule has 3 rings (SSSR count). The lowest BCUT2D eigenvalue weighted by Crippen LogP contribution is -2.36. The molecule has 3 N–H and O–H groups in total. The molecule has 41 heavy (non-hydrogen) atoms. The maximum atomic E-state index is 13.1.